The molecule has 2 amide bonds. The van der Waals surface area contributed by atoms with Crippen LogP contribution in [-0.2, 0) is 9.59 Å². The van der Waals surface area contributed by atoms with Crippen molar-refractivity contribution >= 4 is 23.6 Å². The molecule has 0 aliphatic carbocycles. The third kappa shape index (κ3) is 4.23. The van der Waals surface area contributed by atoms with Crippen LogP contribution in [0.2, 0.25) is 0 Å². The molecule has 0 aromatic rings. The largest absolute Gasteiger partial charge is 0.357 e. The van der Waals surface area contributed by atoms with E-state index in [1.54, 1.807) is 7.05 Å². The molecule has 0 aliphatic heterocycles. The predicted molar refractivity (Wildman–Crippen MR) is 50.1 cm³/mol. The minimum atomic E-state index is -0.414. The Bertz CT molecular complexity index is 173. The molecule has 0 saturated heterocycles. The average molecular weight is 190 g/mol. The number of hydrogen-bond acceptors (Lipinski definition) is 3. The van der Waals surface area contributed by atoms with Crippen molar-refractivity contribution in [3.63, 3.8) is 0 Å². The number of nitrogens with one attached hydrogen (secondary N) is 2. The molecule has 70 valence electrons. The summed E-state index contributed by atoms with van der Waals surface area (Å²) >= 11 is 1.52. The van der Waals surface area contributed by atoms with Crippen molar-refractivity contribution in [2.45, 2.75) is 13.0 Å². The molecule has 1 unspecified atom stereocenters. The number of carbonyl (C=O) groups is 2. The summed E-state index contributed by atoms with van der Waals surface area (Å²) in [6.45, 7) is 1.40. The van der Waals surface area contributed by atoms with Crippen molar-refractivity contribution in [3.05, 3.63) is 0 Å². The van der Waals surface area contributed by atoms with Crippen LogP contribution in [0.3, 0.4) is 0 Å². The van der Waals surface area contributed by atoms with Crippen LogP contribution in [0, 0.1) is 0 Å². The second kappa shape index (κ2) is 5.88. The summed E-state index contributed by atoms with van der Waals surface area (Å²) in [5, 5.41) is 5.05. The SMILES string of the molecule is CNC(=O)C(CSC)NC(C)=O. The topological polar surface area (TPSA) is 58.2 Å². The lowest BCUT2D eigenvalue weighted by molar-refractivity contribution is -0.127. The van der Waals surface area contributed by atoms with Crippen molar-refractivity contribution in [1.82, 2.24) is 10.6 Å². The monoisotopic (exact) mass is 190 g/mol. The van der Waals surface area contributed by atoms with E-state index in [9.17, 15) is 9.59 Å². The normalized spacial score (nSPS) is 11.9. The summed E-state index contributed by atoms with van der Waals surface area (Å²) in [6, 6.07) is -0.414. The fourth-order valence-electron chi connectivity index (χ4n) is 0.769. The highest BCUT2D eigenvalue weighted by atomic mass is 32.2. The lowest BCUT2D eigenvalue weighted by atomic mass is 10.3. The summed E-state index contributed by atoms with van der Waals surface area (Å²) < 4.78 is 0. The van der Waals surface area contributed by atoms with E-state index in [1.165, 1.54) is 18.7 Å². The third-order valence-corrected chi connectivity index (χ3v) is 1.94. The molecular weight excluding hydrogens is 176 g/mol. The number of hydrogen-bond donors (Lipinski definition) is 2. The maximum absolute atomic E-state index is 11.1. The first-order valence-electron chi connectivity index (χ1n) is 3.59. The molecule has 0 aliphatic rings. The zero-order valence-corrected chi connectivity index (χ0v) is 8.33. The summed E-state index contributed by atoms with van der Waals surface area (Å²) in [7, 11) is 1.55. The Kier molecular flexibility index (Phi) is 5.53. The van der Waals surface area contributed by atoms with Crippen molar-refractivity contribution in [2.75, 3.05) is 19.1 Å². The van der Waals surface area contributed by atoms with Gasteiger partial charge in [-0.15, -0.1) is 0 Å². The van der Waals surface area contributed by atoms with Crippen LogP contribution in [0.15, 0.2) is 0 Å². The highest BCUT2D eigenvalue weighted by Crippen LogP contribution is 1.97. The van der Waals surface area contributed by atoms with E-state index < -0.39 is 6.04 Å². The molecule has 5 heteroatoms. The Morgan fingerprint density at radius 3 is 2.42 bits per heavy atom. The lowest BCUT2D eigenvalue weighted by Gasteiger charge is -2.14. The molecule has 1 atom stereocenters. The molecule has 0 bridgehead atoms. The van der Waals surface area contributed by atoms with E-state index in [-0.39, 0.29) is 11.8 Å². The van der Waals surface area contributed by atoms with Crippen LogP contribution in [-0.4, -0.2) is 36.9 Å². The molecular formula is C7H14N2O2S. The molecule has 0 spiro atoms. The number of rotatable bonds is 4. The summed E-state index contributed by atoms with van der Waals surface area (Å²) in [6.07, 6.45) is 1.89. The van der Waals surface area contributed by atoms with Crippen LogP contribution in [0.5, 0.6) is 0 Å². The minimum Gasteiger partial charge on any atom is -0.357 e. The van der Waals surface area contributed by atoms with Gasteiger partial charge in [-0.3, -0.25) is 9.59 Å². The fraction of sp³-hybridized carbons (Fsp3) is 0.714. The molecule has 0 heterocycles. The van der Waals surface area contributed by atoms with Crippen molar-refractivity contribution in [2.24, 2.45) is 0 Å². The van der Waals surface area contributed by atoms with Crippen LogP contribution in [0.4, 0.5) is 0 Å². The maximum atomic E-state index is 11.1. The van der Waals surface area contributed by atoms with E-state index in [0.717, 1.165) is 0 Å². The number of likely N-dealkylation sites (N-methyl/N-ethyl adjacent to an activating group) is 1. The first kappa shape index (κ1) is 11.3. The van der Waals surface area contributed by atoms with Gasteiger partial charge in [0.1, 0.15) is 6.04 Å². The molecule has 0 saturated carbocycles. The molecule has 0 fully saturated rings. The van der Waals surface area contributed by atoms with Gasteiger partial charge < -0.3 is 10.6 Å². The van der Waals surface area contributed by atoms with Crippen LogP contribution < -0.4 is 10.6 Å². The van der Waals surface area contributed by atoms with Crippen molar-refractivity contribution in [3.8, 4) is 0 Å². The number of amides is 2. The van der Waals surface area contributed by atoms with Gasteiger partial charge in [0.2, 0.25) is 11.8 Å². The fourth-order valence-corrected chi connectivity index (χ4v) is 1.34. The molecule has 4 nitrogen and oxygen atoms in total. The molecule has 2 N–H and O–H groups in total. The van der Waals surface area contributed by atoms with E-state index in [4.69, 9.17) is 0 Å². The lowest BCUT2D eigenvalue weighted by Crippen LogP contribution is -2.46. The Balaban J connectivity index is 4.02. The quantitative estimate of drug-likeness (QED) is 0.634. The van der Waals surface area contributed by atoms with E-state index in [2.05, 4.69) is 10.6 Å². The highest BCUT2D eigenvalue weighted by molar-refractivity contribution is 7.98. The van der Waals surface area contributed by atoms with Gasteiger partial charge in [0, 0.05) is 19.7 Å². The number of carbonyl (C=O) groups excluding carboxylic acids is 2. The van der Waals surface area contributed by atoms with Gasteiger partial charge in [0.25, 0.3) is 0 Å². The van der Waals surface area contributed by atoms with Gasteiger partial charge in [-0.05, 0) is 6.26 Å². The van der Waals surface area contributed by atoms with Crippen molar-refractivity contribution < 1.29 is 9.59 Å². The van der Waals surface area contributed by atoms with E-state index in [1.807, 2.05) is 6.26 Å². The molecule has 0 aromatic heterocycles. The molecule has 0 radical (unpaired) electrons. The second-order valence-corrected chi connectivity index (χ2v) is 3.23. The van der Waals surface area contributed by atoms with Crippen molar-refractivity contribution in [1.29, 1.82) is 0 Å². The van der Waals surface area contributed by atoms with Crippen LogP contribution >= 0.6 is 11.8 Å². The first-order chi connectivity index (χ1) is 5.61. The van der Waals surface area contributed by atoms with Crippen LogP contribution in [0.1, 0.15) is 6.92 Å². The Hall–Kier alpha value is -0.710. The number of thioether (sulfide) groups is 1. The first-order valence-corrected chi connectivity index (χ1v) is 4.98. The maximum Gasteiger partial charge on any atom is 0.243 e. The van der Waals surface area contributed by atoms with Gasteiger partial charge >= 0.3 is 0 Å². The van der Waals surface area contributed by atoms with Gasteiger partial charge in [-0.25, -0.2) is 0 Å². The standard InChI is InChI=1S/C7H14N2O2S/c1-5(10)9-6(4-12-3)7(11)8-2/h6H,4H2,1-3H3,(H,8,11)(H,9,10). The van der Waals surface area contributed by atoms with E-state index in [0.29, 0.717) is 5.75 Å². The molecule has 0 aromatic carbocycles. The van der Waals surface area contributed by atoms with E-state index >= 15 is 0 Å². The Morgan fingerprint density at radius 1 is 1.50 bits per heavy atom. The summed E-state index contributed by atoms with van der Waals surface area (Å²) in [4.78, 5) is 21.7. The zero-order valence-electron chi connectivity index (χ0n) is 7.51. The van der Waals surface area contributed by atoms with Gasteiger partial charge in [0.15, 0.2) is 0 Å². The molecule has 0 rings (SSSR count). The van der Waals surface area contributed by atoms with Gasteiger partial charge in [0.05, 0.1) is 0 Å². The predicted octanol–water partition coefficient (Wildman–Crippen LogP) is -0.400. The third-order valence-electron chi connectivity index (χ3n) is 1.27. The summed E-state index contributed by atoms with van der Waals surface area (Å²) in [5.41, 5.74) is 0. The minimum absolute atomic E-state index is 0.153. The van der Waals surface area contributed by atoms with Crippen LogP contribution in [0.25, 0.3) is 0 Å². The zero-order chi connectivity index (χ0) is 9.56. The van der Waals surface area contributed by atoms with Gasteiger partial charge in [-0.2, -0.15) is 11.8 Å². The Morgan fingerprint density at radius 2 is 2.08 bits per heavy atom. The molecule has 12 heavy (non-hydrogen) atoms. The summed E-state index contributed by atoms with van der Waals surface area (Å²) in [5.74, 6) is 0.261. The van der Waals surface area contributed by atoms with Gasteiger partial charge in [-0.1, -0.05) is 0 Å². The second-order valence-electron chi connectivity index (χ2n) is 2.32. The Labute approximate surface area is 76.5 Å². The highest BCUT2D eigenvalue weighted by Gasteiger charge is 2.16. The average Bonchev–Trinajstić information content (AvgIpc) is 2.01. The smallest absolute Gasteiger partial charge is 0.243 e.